The van der Waals surface area contributed by atoms with Crippen LogP contribution in [0.5, 0.6) is 5.75 Å². The maximum absolute atomic E-state index is 12.0. The molecule has 0 fully saturated rings. The average Bonchev–Trinajstić information content (AvgIpc) is 2.70. The maximum atomic E-state index is 12.0. The molecule has 2 aromatic carbocycles. The van der Waals surface area contributed by atoms with E-state index in [0.29, 0.717) is 17.4 Å². The normalized spacial score (nSPS) is 11.5. The van der Waals surface area contributed by atoms with Gasteiger partial charge in [0.1, 0.15) is 5.75 Å². The molecule has 0 aliphatic carbocycles. The van der Waals surface area contributed by atoms with E-state index >= 15 is 0 Å². The molecule has 0 saturated heterocycles. The first-order chi connectivity index (χ1) is 14.5. The van der Waals surface area contributed by atoms with E-state index in [9.17, 15) is 18.0 Å². The van der Waals surface area contributed by atoms with Crippen LogP contribution >= 0.6 is 0 Å². The number of nitrogens with zero attached hydrogens (tertiary/aromatic N) is 1. The predicted octanol–water partition coefficient (Wildman–Crippen LogP) is 2.93. The highest BCUT2D eigenvalue weighted by atomic mass is 32.2. The van der Waals surface area contributed by atoms with Gasteiger partial charge in [0, 0.05) is 19.8 Å². The molecule has 2 rings (SSSR count). The Morgan fingerprint density at radius 2 is 1.68 bits per heavy atom. The van der Waals surface area contributed by atoms with Crippen LogP contribution in [0, 0.1) is 6.92 Å². The summed E-state index contributed by atoms with van der Waals surface area (Å²) in [4.78, 5) is 23.9. The third-order valence-electron chi connectivity index (χ3n) is 4.50. The van der Waals surface area contributed by atoms with E-state index in [4.69, 9.17) is 9.47 Å². The van der Waals surface area contributed by atoms with Crippen LogP contribution in [0.3, 0.4) is 0 Å². The number of hydrogen-bond acceptors (Lipinski definition) is 6. The van der Waals surface area contributed by atoms with Crippen molar-refractivity contribution in [1.82, 2.24) is 4.31 Å². The summed E-state index contributed by atoms with van der Waals surface area (Å²) in [5, 5.41) is 2.54. The van der Waals surface area contributed by atoms with Crippen molar-refractivity contribution in [2.45, 2.75) is 31.6 Å². The zero-order chi connectivity index (χ0) is 23.2. The smallest absolute Gasteiger partial charge is 0.344 e. The van der Waals surface area contributed by atoms with Gasteiger partial charge in [0.05, 0.1) is 4.90 Å². The number of sulfonamides is 1. The Hall–Kier alpha value is -2.91. The number of amides is 1. The number of aryl methyl sites for hydroxylation is 1. The Balaban J connectivity index is 1.81. The second-order valence-corrected chi connectivity index (χ2v) is 9.63. The van der Waals surface area contributed by atoms with Crippen molar-refractivity contribution in [2.75, 3.05) is 32.6 Å². The third kappa shape index (κ3) is 6.80. The summed E-state index contributed by atoms with van der Waals surface area (Å²) < 4.78 is 35.5. The molecular weight excluding hydrogens is 420 g/mol. The molecule has 168 valence electrons. The topological polar surface area (TPSA) is 102 Å². The Morgan fingerprint density at radius 3 is 2.23 bits per heavy atom. The van der Waals surface area contributed by atoms with Crippen LogP contribution in [0.2, 0.25) is 0 Å². The van der Waals surface area contributed by atoms with Crippen LogP contribution in [0.1, 0.15) is 30.9 Å². The van der Waals surface area contributed by atoms with Crippen molar-refractivity contribution in [3.05, 3.63) is 53.6 Å². The molecule has 8 nitrogen and oxygen atoms in total. The van der Waals surface area contributed by atoms with Gasteiger partial charge < -0.3 is 14.8 Å². The fourth-order valence-corrected chi connectivity index (χ4v) is 3.74. The van der Waals surface area contributed by atoms with E-state index in [-0.39, 0.29) is 11.5 Å². The number of nitrogens with one attached hydrogen (secondary N) is 1. The lowest BCUT2D eigenvalue weighted by molar-refractivity contribution is -0.149. The number of esters is 1. The van der Waals surface area contributed by atoms with Gasteiger partial charge in [-0.3, -0.25) is 4.79 Å². The number of ether oxygens (including phenoxy) is 2. The molecule has 0 aliphatic rings. The van der Waals surface area contributed by atoms with E-state index in [1.807, 2.05) is 19.1 Å². The molecule has 9 heteroatoms. The van der Waals surface area contributed by atoms with Crippen LogP contribution in [-0.2, 0) is 24.3 Å². The lowest BCUT2D eigenvalue weighted by Gasteiger charge is -2.13. The molecule has 1 amide bonds. The quantitative estimate of drug-likeness (QED) is 0.592. The minimum Gasteiger partial charge on any atom is -0.482 e. The highest BCUT2D eigenvalue weighted by Gasteiger charge is 2.17. The van der Waals surface area contributed by atoms with E-state index in [2.05, 4.69) is 19.2 Å². The first-order valence-corrected chi connectivity index (χ1v) is 11.2. The summed E-state index contributed by atoms with van der Waals surface area (Å²) in [5.74, 6) is -0.274. The van der Waals surface area contributed by atoms with Gasteiger partial charge in [-0.2, -0.15) is 0 Å². The first-order valence-electron chi connectivity index (χ1n) is 9.72. The molecular formula is C22H28N2O6S. The van der Waals surface area contributed by atoms with Crippen molar-refractivity contribution in [1.29, 1.82) is 0 Å². The lowest BCUT2D eigenvalue weighted by atomic mass is 9.98. The van der Waals surface area contributed by atoms with Crippen molar-refractivity contribution < 1.29 is 27.5 Å². The maximum Gasteiger partial charge on any atom is 0.344 e. The predicted molar refractivity (Wildman–Crippen MR) is 118 cm³/mol. The summed E-state index contributed by atoms with van der Waals surface area (Å²) in [6, 6.07) is 11.3. The number of carbonyl (C=O) groups excluding carboxylic acids is 2. The molecule has 0 heterocycles. The molecule has 0 bridgehead atoms. The van der Waals surface area contributed by atoms with Gasteiger partial charge in [0.15, 0.2) is 13.2 Å². The zero-order valence-corrected chi connectivity index (χ0v) is 19.2. The minimum absolute atomic E-state index is 0.107. The number of hydrogen-bond donors (Lipinski definition) is 1. The number of benzene rings is 2. The summed E-state index contributed by atoms with van der Waals surface area (Å²) in [5.41, 5.74) is 2.67. The molecule has 0 saturated carbocycles. The van der Waals surface area contributed by atoms with Gasteiger partial charge >= 0.3 is 5.97 Å². The van der Waals surface area contributed by atoms with Crippen molar-refractivity contribution in [3.8, 4) is 5.75 Å². The van der Waals surface area contributed by atoms with Crippen LogP contribution in [0.25, 0.3) is 0 Å². The third-order valence-corrected chi connectivity index (χ3v) is 6.33. The Morgan fingerprint density at radius 1 is 1.03 bits per heavy atom. The average molecular weight is 449 g/mol. The molecule has 0 radical (unpaired) electrons. The second-order valence-electron chi connectivity index (χ2n) is 7.48. The van der Waals surface area contributed by atoms with Crippen molar-refractivity contribution in [2.24, 2.45) is 0 Å². The van der Waals surface area contributed by atoms with Crippen LogP contribution in [-0.4, -0.2) is 51.9 Å². The van der Waals surface area contributed by atoms with Crippen molar-refractivity contribution in [3.63, 3.8) is 0 Å². The van der Waals surface area contributed by atoms with Crippen LogP contribution in [0.15, 0.2) is 47.4 Å². The molecule has 0 atom stereocenters. The molecule has 0 unspecified atom stereocenters. The van der Waals surface area contributed by atoms with Gasteiger partial charge in [-0.15, -0.1) is 0 Å². The summed E-state index contributed by atoms with van der Waals surface area (Å²) >= 11 is 0. The van der Waals surface area contributed by atoms with Gasteiger partial charge in [-0.1, -0.05) is 19.9 Å². The standard InChI is InChI=1S/C22H28N2O6S/c1-15(2)20-11-8-18(12-16(20)3)29-14-22(26)30-13-21(25)23-17-6-9-19(10-7-17)31(27,28)24(4)5/h6-12,15H,13-14H2,1-5H3,(H,23,25). The van der Waals surface area contributed by atoms with Gasteiger partial charge in [-0.25, -0.2) is 17.5 Å². The Bertz CT molecular complexity index is 1030. The monoisotopic (exact) mass is 448 g/mol. The molecule has 0 aliphatic heterocycles. The van der Waals surface area contributed by atoms with Crippen LogP contribution in [0.4, 0.5) is 5.69 Å². The highest BCUT2D eigenvalue weighted by Crippen LogP contribution is 2.23. The van der Waals surface area contributed by atoms with Gasteiger partial charge in [0.2, 0.25) is 10.0 Å². The van der Waals surface area contributed by atoms with E-state index in [0.717, 1.165) is 9.87 Å². The molecule has 31 heavy (non-hydrogen) atoms. The summed E-state index contributed by atoms with van der Waals surface area (Å²) in [6.07, 6.45) is 0. The largest absolute Gasteiger partial charge is 0.482 e. The lowest BCUT2D eigenvalue weighted by Crippen LogP contribution is -2.24. The number of rotatable bonds is 9. The molecule has 0 aromatic heterocycles. The SMILES string of the molecule is Cc1cc(OCC(=O)OCC(=O)Nc2ccc(S(=O)(=O)N(C)C)cc2)ccc1C(C)C. The van der Waals surface area contributed by atoms with Crippen molar-refractivity contribution >= 4 is 27.6 Å². The number of anilines is 1. The first kappa shape index (κ1) is 24.4. The zero-order valence-electron chi connectivity index (χ0n) is 18.3. The summed E-state index contributed by atoms with van der Waals surface area (Å²) in [6.45, 7) is 5.39. The van der Waals surface area contributed by atoms with Gasteiger partial charge in [0.25, 0.3) is 5.91 Å². The summed E-state index contributed by atoms with van der Waals surface area (Å²) in [7, 11) is -0.674. The number of carbonyl (C=O) groups is 2. The van der Waals surface area contributed by atoms with Gasteiger partial charge in [-0.05, 0) is 60.4 Å². The van der Waals surface area contributed by atoms with E-state index in [1.54, 1.807) is 6.07 Å². The van der Waals surface area contributed by atoms with Crippen LogP contribution < -0.4 is 10.1 Å². The molecule has 2 aromatic rings. The van der Waals surface area contributed by atoms with E-state index in [1.165, 1.54) is 43.9 Å². The highest BCUT2D eigenvalue weighted by molar-refractivity contribution is 7.89. The Kier molecular flexibility index (Phi) is 8.18. The molecule has 0 spiro atoms. The fraction of sp³-hybridized carbons (Fsp3) is 0.364. The van der Waals surface area contributed by atoms with E-state index < -0.39 is 28.5 Å². The Labute approximate surface area is 183 Å². The fourth-order valence-electron chi connectivity index (χ4n) is 2.83. The molecule has 1 N–H and O–H groups in total. The second kappa shape index (κ2) is 10.4. The minimum atomic E-state index is -3.55.